The number of hydrogen-bond acceptors (Lipinski definition) is 4. The minimum Gasteiger partial charge on any atom is -0.490 e. The normalized spacial score (nSPS) is 10.4. The van der Waals surface area contributed by atoms with Crippen LogP contribution in [0.15, 0.2) is 42.5 Å². The predicted octanol–water partition coefficient (Wildman–Crippen LogP) is 2.62. The Kier molecular flexibility index (Phi) is 5.60. The Balaban J connectivity index is 2.13. The fourth-order valence-electron chi connectivity index (χ4n) is 2.05. The van der Waals surface area contributed by atoms with Gasteiger partial charge in [-0.1, -0.05) is 36.4 Å². The van der Waals surface area contributed by atoms with Crippen LogP contribution in [0.3, 0.4) is 0 Å². The minimum atomic E-state index is 0.0473. The highest BCUT2D eigenvalue weighted by Crippen LogP contribution is 2.31. The lowest BCUT2D eigenvalue weighted by atomic mass is 10.1. The van der Waals surface area contributed by atoms with Gasteiger partial charge in [0.1, 0.15) is 6.61 Å². The second kappa shape index (κ2) is 7.67. The number of para-hydroxylation sites is 1. The third kappa shape index (κ3) is 3.97. The van der Waals surface area contributed by atoms with Gasteiger partial charge >= 0.3 is 0 Å². The molecule has 0 saturated heterocycles. The van der Waals surface area contributed by atoms with E-state index in [2.05, 4.69) is 0 Å². The van der Waals surface area contributed by atoms with Crippen LogP contribution >= 0.6 is 0 Å². The van der Waals surface area contributed by atoms with Gasteiger partial charge in [-0.2, -0.15) is 0 Å². The van der Waals surface area contributed by atoms with E-state index in [1.807, 2.05) is 49.4 Å². The molecule has 0 spiro atoms. The van der Waals surface area contributed by atoms with Gasteiger partial charge in [-0.15, -0.1) is 0 Å². The standard InChI is InChI=1S/C17H21NO3/c1-2-20-16-5-3-4-15(10-18)17(16)21-12-14-8-6-13(11-19)7-9-14/h3-9,19H,2,10-12,18H2,1H3. The van der Waals surface area contributed by atoms with Crippen LogP contribution in [0.25, 0.3) is 0 Å². The summed E-state index contributed by atoms with van der Waals surface area (Å²) in [4.78, 5) is 0. The zero-order valence-electron chi connectivity index (χ0n) is 12.2. The quantitative estimate of drug-likeness (QED) is 0.821. The molecule has 4 heteroatoms. The fourth-order valence-corrected chi connectivity index (χ4v) is 2.05. The van der Waals surface area contributed by atoms with E-state index in [0.717, 1.165) is 16.7 Å². The van der Waals surface area contributed by atoms with E-state index in [4.69, 9.17) is 20.3 Å². The monoisotopic (exact) mass is 287 g/mol. The summed E-state index contributed by atoms with van der Waals surface area (Å²) >= 11 is 0. The zero-order chi connectivity index (χ0) is 15.1. The number of aliphatic hydroxyl groups excluding tert-OH is 1. The summed E-state index contributed by atoms with van der Waals surface area (Å²) in [6.07, 6.45) is 0. The van der Waals surface area contributed by atoms with Crippen molar-refractivity contribution in [3.05, 3.63) is 59.2 Å². The highest BCUT2D eigenvalue weighted by Gasteiger charge is 2.10. The second-order valence-electron chi connectivity index (χ2n) is 4.64. The first-order valence-electron chi connectivity index (χ1n) is 7.04. The maximum atomic E-state index is 9.04. The summed E-state index contributed by atoms with van der Waals surface area (Å²) in [5, 5.41) is 9.04. The van der Waals surface area contributed by atoms with Gasteiger partial charge in [0.2, 0.25) is 0 Å². The Hall–Kier alpha value is -2.04. The average Bonchev–Trinajstić information content (AvgIpc) is 2.54. The van der Waals surface area contributed by atoms with Crippen molar-refractivity contribution in [2.24, 2.45) is 5.73 Å². The number of ether oxygens (including phenoxy) is 2. The SMILES string of the molecule is CCOc1cccc(CN)c1OCc1ccc(CO)cc1. The van der Waals surface area contributed by atoms with Crippen LogP contribution in [-0.4, -0.2) is 11.7 Å². The molecule has 0 aromatic heterocycles. The molecule has 0 fully saturated rings. The van der Waals surface area contributed by atoms with Crippen molar-refractivity contribution in [2.45, 2.75) is 26.7 Å². The smallest absolute Gasteiger partial charge is 0.166 e. The average molecular weight is 287 g/mol. The second-order valence-corrected chi connectivity index (χ2v) is 4.64. The summed E-state index contributed by atoms with van der Waals surface area (Å²) in [5.74, 6) is 1.42. The molecular formula is C17H21NO3. The van der Waals surface area contributed by atoms with Crippen molar-refractivity contribution in [2.75, 3.05) is 6.61 Å². The molecule has 0 aliphatic heterocycles. The van der Waals surface area contributed by atoms with Gasteiger partial charge in [0.25, 0.3) is 0 Å². The van der Waals surface area contributed by atoms with Gasteiger partial charge in [-0.05, 0) is 24.1 Å². The van der Waals surface area contributed by atoms with Crippen LogP contribution in [0.2, 0.25) is 0 Å². The molecule has 0 aliphatic carbocycles. The van der Waals surface area contributed by atoms with Gasteiger partial charge in [0, 0.05) is 12.1 Å². The molecule has 2 aromatic carbocycles. The molecule has 2 aromatic rings. The number of benzene rings is 2. The third-order valence-corrected chi connectivity index (χ3v) is 3.17. The molecule has 0 aliphatic rings. The van der Waals surface area contributed by atoms with Crippen LogP contribution in [0.4, 0.5) is 0 Å². The maximum absolute atomic E-state index is 9.04. The van der Waals surface area contributed by atoms with E-state index in [1.54, 1.807) is 0 Å². The molecule has 2 rings (SSSR count). The van der Waals surface area contributed by atoms with Crippen molar-refractivity contribution >= 4 is 0 Å². The van der Waals surface area contributed by atoms with E-state index in [0.29, 0.717) is 31.3 Å². The number of nitrogens with two attached hydrogens (primary N) is 1. The zero-order valence-corrected chi connectivity index (χ0v) is 12.2. The van der Waals surface area contributed by atoms with Crippen LogP contribution in [0.1, 0.15) is 23.6 Å². The summed E-state index contributed by atoms with van der Waals surface area (Å²) in [7, 11) is 0. The first-order chi connectivity index (χ1) is 10.3. The lowest BCUT2D eigenvalue weighted by molar-refractivity contribution is 0.266. The number of aliphatic hydroxyl groups is 1. The molecule has 4 nitrogen and oxygen atoms in total. The molecule has 3 N–H and O–H groups in total. The van der Waals surface area contributed by atoms with Crippen LogP contribution in [-0.2, 0) is 19.8 Å². The van der Waals surface area contributed by atoms with Crippen molar-refractivity contribution in [1.29, 1.82) is 0 Å². The molecule has 0 amide bonds. The molecular weight excluding hydrogens is 266 g/mol. The molecule has 0 unspecified atom stereocenters. The third-order valence-electron chi connectivity index (χ3n) is 3.17. The lowest BCUT2D eigenvalue weighted by Crippen LogP contribution is -2.05. The van der Waals surface area contributed by atoms with E-state index in [9.17, 15) is 0 Å². The van der Waals surface area contributed by atoms with Gasteiger partial charge < -0.3 is 20.3 Å². The number of rotatable bonds is 7. The van der Waals surface area contributed by atoms with E-state index < -0.39 is 0 Å². The summed E-state index contributed by atoms with van der Waals surface area (Å²) in [6.45, 7) is 3.40. The van der Waals surface area contributed by atoms with Crippen molar-refractivity contribution in [3.8, 4) is 11.5 Å². The Labute approximate surface area is 125 Å². The highest BCUT2D eigenvalue weighted by molar-refractivity contribution is 5.46. The molecule has 21 heavy (non-hydrogen) atoms. The molecule has 0 saturated carbocycles. The van der Waals surface area contributed by atoms with Crippen molar-refractivity contribution < 1.29 is 14.6 Å². The van der Waals surface area contributed by atoms with Gasteiger partial charge in [0.05, 0.1) is 13.2 Å². The first kappa shape index (κ1) is 15.4. The summed E-state index contributed by atoms with van der Waals surface area (Å²) in [5.41, 5.74) is 8.60. The van der Waals surface area contributed by atoms with Crippen molar-refractivity contribution in [1.82, 2.24) is 0 Å². The van der Waals surface area contributed by atoms with E-state index >= 15 is 0 Å². The summed E-state index contributed by atoms with van der Waals surface area (Å²) < 4.78 is 11.5. The topological polar surface area (TPSA) is 64.7 Å². The number of hydrogen-bond donors (Lipinski definition) is 2. The van der Waals surface area contributed by atoms with E-state index in [-0.39, 0.29) is 6.61 Å². The molecule has 0 bridgehead atoms. The van der Waals surface area contributed by atoms with Gasteiger partial charge in [-0.25, -0.2) is 0 Å². The minimum absolute atomic E-state index is 0.0473. The van der Waals surface area contributed by atoms with Gasteiger partial charge in [-0.3, -0.25) is 0 Å². The largest absolute Gasteiger partial charge is 0.490 e. The molecule has 0 atom stereocenters. The van der Waals surface area contributed by atoms with Crippen LogP contribution in [0.5, 0.6) is 11.5 Å². The maximum Gasteiger partial charge on any atom is 0.166 e. The lowest BCUT2D eigenvalue weighted by Gasteiger charge is -2.15. The van der Waals surface area contributed by atoms with Crippen molar-refractivity contribution in [3.63, 3.8) is 0 Å². The molecule has 0 heterocycles. The fraction of sp³-hybridized carbons (Fsp3) is 0.294. The highest BCUT2D eigenvalue weighted by atomic mass is 16.5. The van der Waals surface area contributed by atoms with Crippen LogP contribution < -0.4 is 15.2 Å². The Morgan fingerprint density at radius 2 is 1.71 bits per heavy atom. The van der Waals surface area contributed by atoms with Crippen LogP contribution in [0, 0.1) is 0 Å². The van der Waals surface area contributed by atoms with E-state index in [1.165, 1.54) is 0 Å². The Bertz CT molecular complexity index is 567. The summed E-state index contributed by atoms with van der Waals surface area (Å²) in [6, 6.07) is 13.4. The van der Waals surface area contributed by atoms with Gasteiger partial charge in [0.15, 0.2) is 11.5 Å². The Morgan fingerprint density at radius 1 is 1.00 bits per heavy atom. The molecule has 0 radical (unpaired) electrons. The predicted molar refractivity (Wildman–Crippen MR) is 82.2 cm³/mol. The first-order valence-corrected chi connectivity index (χ1v) is 7.04. The Morgan fingerprint density at radius 3 is 2.33 bits per heavy atom. The molecule has 112 valence electrons.